The smallest absolute Gasteiger partial charge is 0.340 e. The molecule has 0 atom stereocenters. The van der Waals surface area contributed by atoms with Crippen molar-refractivity contribution >= 4 is 17.6 Å². The molecule has 126 valence electrons. The number of carbonyl (C=O) groups is 2. The normalized spacial score (nSPS) is 10.4. The lowest BCUT2D eigenvalue weighted by Crippen LogP contribution is -2.18. The van der Waals surface area contributed by atoms with Gasteiger partial charge < -0.3 is 10.1 Å². The van der Waals surface area contributed by atoms with Crippen LogP contribution in [0.25, 0.3) is 0 Å². The van der Waals surface area contributed by atoms with E-state index < -0.39 is 40.7 Å². The lowest BCUT2D eigenvalue weighted by molar-refractivity contribution is 0.0527. The van der Waals surface area contributed by atoms with Gasteiger partial charge in [-0.3, -0.25) is 4.79 Å². The van der Waals surface area contributed by atoms with E-state index in [2.05, 4.69) is 5.32 Å². The molecule has 0 aliphatic carbocycles. The predicted octanol–water partition coefficient (Wildman–Crippen LogP) is 3.67. The number of para-hydroxylation sites is 1. The number of nitrogens with one attached hydrogen (secondary N) is 1. The van der Waals surface area contributed by atoms with Crippen molar-refractivity contribution in [3.05, 3.63) is 64.7 Å². The second-order valence-electron chi connectivity index (χ2n) is 4.57. The molecular formula is C16H11F4NO3. The fraction of sp³-hybridized carbons (Fsp3) is 0.125. The van der Waals surface area contributed by atoms with Gasteiger partial charge in [0.05, 0.1) is 23.4 Å². The number of hydrogen-bond acceptors (Lipinski definition) is 3. The molecule has 0 saturated heterocycles. The van der Waals surface area contributed by atoms with E-state index in [-0.39, 0.29) is 23.9 Å². The van der Waals surface area contributed by atoms with Crippen molar-refractivity contribution in [2.45, 2.75) is 6.92 Å². The van der Waals surface area contributed by atoms with Crippen molar-refractivity contribution in [2.75, 3.05) is 11.9 Å². The second-order valence-corrected chi connectivity index (χ2v) is 4.57. The third-order valence-electron chi connectivity index (χ3n) is 3.02. The Balaban J connectivity index is 2.37. The van der Waals surface area contributed by atoms with Crippen LogP contribution in [0, 0.1) is 23.3 Å². The van der Waals surface area contributed by atoms with Crippen molar-refractivity contribution in [3.8, 4) is 0 Å². The molecule has 0 fully saturated rings. The highest BCUT2D eigenvalue weighted by atomic mass is 19.2. The maximum absolute atomic E-state index is 13.6. The van der Waals surface area contributed by atoms with Crippen LogP contribution in [0.1, 0.15) is 27.6 Å². The Labute approximate surface area is 134 Å². The van der Waals surface area contributed by atoms with E-state index in [1.165, 1.54) is 24.3 Å². The summed E-state index contributed by atoms with van der Waals surface area (Å²) in [6.45, 7) is 1.67. The van der Waals surface area contributed by atoms with E-state index in [0.29, 0.717) is 0 Å². The molecule has 2 rings (SSSR count). The molecule has 1 amide bonds. The lowest BCUT2D eigenvalue weighted by Gasteiger charge is -2.11. The number of rotatable bonds is 4. The molecule has 24 heavy (non-hydrogen) atoms. The molecule has 0 saturated carbocycles. The van der Waals surface area contributed by atoms with Gasteiger partial charge >= 0.3 is 5.97 Å². The van der Waals surface area contributed by atoms with Crippen LogP contribution in [0.5, 0.6) is 0 Å². The van der Waals surface area contributed by atoms with E-state index >= 15 is 0 Å². The first kappa shape index (κ1) is 17.5. The Hall–Kier alpha value is -2.90. The molecule has 0 spiro atoms. The van der Waals surface area contributed by atoms with Crippen molar-refractivity contribution in [3.63, 3.8) is 0 Å². The number of halogens is 4. The van der Waals surface area contributed by atoms with Crippen molar-refractivity contribution in [1.29, 1.82) is 0 Å². The van der Waals surface area contributed by atoms with Crippen LogP contribution in [0.15, 0.2) is 30.3 Å². The van der Waals surface area contributed by atoms with Gasteiger partial charge in [0.2, 0.25) is 0 Å². The topological polar surface area (TPSA) is 55.4 Å². The molecule has 0 heterocycles. The largest absolute Gasteiger partial charge is 0.462 e. The summed E-state index contributed by atoms with van der Waals surface area (Å²) in [5.41, 5.74) is -1.12. The molecular weight excluding hydrogens is 330 g/mol. The van der Waals surface area contributed by atoms with Crippen LogP contribution in [0.3, 0.4) is 0 Å². The third kappa shape index (κ3) is 3.37. The van der Waals surface area contributed by atoms with E-state index in [1.807, 2.05) is 0 Å². The van der Waals surface area contributed by atoms with Crippen molar-refractivity contribution < 1.29 is 31.9 Å². The fourth-order valence-electron chi connectivity index (χ4n) is 1.91. The summed E-state index contributed by atoms with van der Waals surface area (Å²) in [6.07, 6.45) is 0. The van der Waals surface area contributed by atoms with Gasteiger partial charge in [0.15, 0.2) is 23.3 Å². The number of benzene rings is 2. The van der Waals surface area contributed by atoms with Gasteiger partial charge in [0, 0.05) is 0 Å². The van der Waals surface area contributed by atoms with E-state index in [9.17, 15) is 27.2 Å². The molecule has 0 aromatic heterocycles. The number of anilines is 1. The SMILES string of the molecule is CCOC(=O)c1ccccc1NC(=O)c1cc(F)c(F)c(F)c1F. The maximum Gasteiger partial charge on any atom is 0.340 e. The minimum atomic E-state index is -2.10. The third-order valence-corrected chi connectivity index (χ3v) is 3.02. The van der Waals surface area contributed by atoms with Gasteiger partial charge in [-0.1, -0.05) is 12.1 Å². The highest BCUT2D eigenvalue weighted by molar-refractivity contribution is 6.08. The average Bonchev–Trinajstić information content (AvgIpc) is 2.56. The lowest BCUT2D eigenvalue weighted by atomic mass is 10.1. The first-order valence-corrected chi connectivity index (χ1v) is 6.77. The summed E-state index contributed by atoms with van der Waals surface area (Å²) in [5.74, 6) is -9.65. The summed E-state index contributed by atoms with van der Waals surface area (Å²) < 4.78 is 57.8. The number of esters is 1. The quantitative estimate of drug-likeness (QED) is 0.400. The molecule has 4 nitrogen and oxygen atoms in total. The molecule has 0 radical (unpaired) electrons. The van der Waals surface area contributed by atoms with Crippen LogP contribution in [0.4, 0.5) is 23.2 Å². The molecule has 2 aromatic carbocycles. The molecule has 8 heteroatoms. The Kier molecular flexibility index (Phi) is 5.18. The molecule has 0 aliphatic rings. The minimum absolute atomic E-state index is 0.0313. The highest BCUT2D eigenvalue weighted by Crippen LogP contribution is 2.22. The van der Waals surface area contributed by atoms with Gasteiger partial charge in [-0.2, -0.15) is 0 Å². The highest BCUT2D eigenvalue weighted by Gasteiger charge is 2.24. The Bertz CT molecular complexity index is 808. The van der Waals surface area contributed by atoms with E-state index in [1.54, 1.807) is 6.92 Å². The monoisotopic (exact) mass is 341 g/mol. The fourth-order valence-corrected chi connectivity index (χ4v) is 1.91. The van der Waals surface area contributed by atoms with Gasteiger partial charge in [-0.05, 0) is 25.1 Å². The van der Waals surface area contributed by atoms with Crippen LogP contribution < -0.4 is 5.32 Å². The summed E-state index contributed by atoms with van der Waals surface area (Å²) in [6, 6.07) is 5.87. The average molecular weight is 341 g/mol. The molecule has 2 aromatic rings. The zero-order valence-corrected chi connectivity index (χ0v) is 12.3. The van der Waals surface area contributed by atoms with Crippen LogP contribution in [-0.4, -0.2) is 18.5 Å². The second kappa shape index (κ2) is 7.12. The molecule has 0 unspecified atom stereocenters. The standard InChI is InChI=1S/C16H11F4NO3/c1-2-24-16(23)8-5-3-4-6-11(8)21-15(22)9-7-10(17)13(19)14(20)12(9)18/h3-7H,2H2,1H3,(H,21,22). The first-order valence-electron chi connectivity index (χ1n) is 6.77. The number of amides is 1. The van der Waals surface area contributed by atoms with Crippen LogP contribution >= 0.6 is 0 Å². The maximum atomic E-state index is 13.6. The van der Waals surface area contributed by atoms with Crippen molar-refractivity contribution in [1.82, 2.24) is 0 Å². The zero-order chi connectivity index (χ0) is 17.9. The predicted molar refractivity (Wildman–Crippen MR) is 76.6 cm³/mol. The van der Waals surface area contributed by atoms with Gasteiger partial charge in [-0.15, -0.1) is 0 Å². The summed E-state index contributed by atoms with van der Waals surface area (Å²) in [4.78, 5) is 23.8. The molecule has 0 bridgehead atoms. The Morgan fingerprint density at radius 1 is 1.00 bits per heavy atom. The Morgan fingerprint density at radius 2 is 1.67 bits per heavy atom. The summed E-state index contributed by atoms with van der Waals surface area (Å²) in [7, 11) is 0. The van der Waals surface area contributed by atoms with E-state index in [4.69, 9.17) is 4.74 Å². The molecule has 0 aliphatic heterocycles. The summed E-state index contributed by atoms with van der Waals surface area (Å²) >= 11 is 0. The van der Waals surface area contributed by atoms with E-state index in [0.717, 1.165) is 0 Å². The number of carbonyl (C=O) groups excluding carboxylic acids is 2. The summed E-state index contributed by atoms with van der Waals surface area (Å²) in [5, 5.41) is 2.15. The van der Waals surface area contributed by atoms with Gasteiger partial charge in [0.1, 0.15) is 0 Å². The van der Waals surface area contributed by atoms with Crippen LogP contribution in [0.2, 0.25) is 0 Å². The van der Waals surface area contributed by atoms with Crippen molar-refractivity contribution in [2.24, 2.45) is 0 Å². The molecule has 1 N–H and O–H groups in total. The van der Waals surface area contributed by atoms with Crippen LogP contribution in [-0.2, 0) is 4.74 Å². The van der Waals surface area contributed by atoms with Gasteiger partial charge in [-0.25, -0.2) is 22.4 Å². The number of ether oxygens (including phenoxy) is 1. The first-order chi connectivity index (χ1) is 11.4. The number of hydrogen-bond donors (Lipinski definition) is 1. The minimum Gasteiger partial charge on any atom is -0.462 e. The zero-order valence-electron chi connectivity index (χ0n) is 12.3. The Morgan fingerprint density at radius 3 is 2.33 bits per heavy atom. The van der Waals surface area contributed by atoms with Gasteiger partial charge in [0.25, 0.3) is 5.91 Å².